The Morgan fingerprint density at radius 1 is 1.32 bits per heavy atom. The van der Waals surface area contributed by atoms with Gasteiger partial charge in [0.25, 0.3) is 5.69 Å². The first-order valence-electron chi connectivity index (χ1n) is 8.65. The highest BCUT2D eigenvalue weighted by molar-refractivity contribution is 7.98. The average Bonchev–Trinajstić information content (AvgIpc) is 3.27. The van der Waals surface area contributed by atoms with Crippen molar-refractivity contribution < 1.29 is 4.92 Å². The highest BCUT2D eigenvalue weighted by Crippen LogP contribution is 2.33. The molecule has 25 heavy (non-hydrogen) atoms. The summed E-state index contributed by atoms with van der Waals surface area (Å²) in [7, 11) is 0. The van der Waals surface area contributed by atoms with Crippen molar-refractivity contribution in [1.29, 1.82) is 0 Å². The van der Waals surface area contributed by atoms with Crippen LogP contribution >= 0.6 is 11.8 Å². The van der Waals surface area contributed by atoms with Crippen LogP contribution in [0.3, 0.4) is 0 Å². The minimum absolute atomic E-state index is 0.112. The second-order valence-corrected chi connectivity index (χ2v) is 6.99. The predicted octanol–water partition coefficient (Wildman–Crippen LogP) is 4.07. The first-order chi connectivity index (χ1) is 12.2. The van der Waals surface area contributed by atoms with Gasteiger partial charge < -0.3 is 9.88 Å². The third-order valence-electron chi connectivity index (χ3n) is 4.60. The Bertz CT molecular complexity index is 728. The largest absolute Gasteiger partial charge is 0.379 e. The lowest BCUT2D eigenvalue weighted by atomic mass is 10.2. The average molecular weight is 361 g/mol. The van der Waals surface area contributed by atoms with E-state index in [9.17, 15) is 10.1 Å². The summed E-state index contributed by atoms with van der Waals surface area (Å²) < 4.78 is 2.31. The molecule has 0 unspecified atom stereocenters. The van der Waals surface area contributed by atoms with Gasteiger partial charge in [0.05, 0.1) is 4.92 Å². The van der Waals surface area contributed by atoms with E-state index < -0.39 is 0 Å². The number of anilines is 1. The second kappa shape index (κ2) is 8.33. The van der Waals surface area contributed by atoms with E-state index in [-0.39, 0.29) is 10.6 Å². The van der Waals surface area contributed by atoms with Gasteiger partial charge in [0, 0.05) is 25.1 Å². The zero-order valence-electron chi connectivity index (χ0n) is 14.4. The Morgan fingerprint density at radius 3 is 2.80 bits per heavy atom. The molecule has 1 N–H and O–H groups in total. The van der Waals surface area contributed by atoms with Crippen LogP contribution in [-0.2, 0) is 6.42 Å². The van der Waals surface area contributed by atoms with Crippen LogP contribution in [-0.4, -0.2) is 32.5 Å². The lowest BCUT2D eigenvalue weighted by molar-refractivity contribution is -0.384. The van der Waals surface area contributed by atoms with Crippen LogP contribution in [0.5, 0.6) is 0 Å². The summed E-state index contributed by atoms with van der Waals surface area (Å²) in [6.45, 7) is 0.664. The standard InChI is InChI=1S/C17H23N5O2S/c1-25-17-20-19-16(21(17)13-7-2-3-8-13)11-6-12-18-14-9-4-5-10-15(14)22(23)24/h4-5,9-10,13,18H,2-3,6-8,11-12H2,1H3. The normalized spacial score (nSPS) is 14.8. The molecule has 1 heterocycles. The molecule has 1 aliphatic carbocycles. The van der Waals surface area contributed by atoms with Crippen LogP contribution in [0.25, 0.3) is 0 Å². The van der Waals surface area contributed by atoms with Crippen LogP contribution in [0.1, 0.15) is 44.0 Å². The molecular weight excluding hydrogens is 338 g/mol. The Kier molecular flexibility index (Phi) is 5.91. The highest BCUT2D eigenvalue weighted by atomic mass is 32.2. The maximum atomic E-state index is 11.0. The summed E-state index contributed by atoms with van der Waals surface area (Å²) >= 11 is 1.64. The van der Waals surface area contributed by atoms with Crippen molar-refractivity contribution in [3.05, 3.63) is 40.2 Å². The van der Waals surface area contributed by atoms with Gasteiger partial charge >= 0.3 is 0 Å². The number of hydrogen-bond acceptors (Lipinski definition) is 6. The number of aromatic nitrogens is 3. The lowest BCUT2D eigenvalue weighted by Gasteiger charge is -2.16. The molecule has 0 spiro atoms. The van der Waals surface area contributed by atoms with Crippen LogP contribution in [0, 0.1) is 10.1 Å². The first kappa shape index (κ1) is 17.7. The van der Waals surface area contributed by atoms with Gasteiger partial charge in [-0.2, -0.15) is 0 Å². The van der Waals surface area contributed by atoms with Gasteiger partial charge in [0.15, 0.2) is 5.16 Å². The number of nitrogens with zero attached hydrogens (tertiary/aromatic N) is 4. The third-order valence-corrected chi connectivity index (χ3v) is 5.24. The van der Waals surface area contributed by atoms with Crippen molar-refractivity contribution in [1.82, 2.24) is 14.8 Å². The highest BCUT2D eigenvalue weighted by Gasteiger charge is 2.23. The molecule has 1 aromatic heterocycles. The quantitative estimate of drug-likeness (QED) is 0.330. The summed E-state index contributed by atoms with van der Waals surface area (Å²) in [4.78, 5) is 10.7. The molecule has 0 bridgehead atoms. The number of aryl methyl sites for hydroxylation is 1. The molecule has 0 radical (unpaired) electrons. The summed E-state index contributed by atoms with van der Waals surface area (Å²) in [5, 5.41) is 23.9. The van der Waals surface area contributed by atoms with Crippen molar-refractivity contribution in [2.45, 2.75) is 49.7 Å². The fourth-order valence-corrected chi connectivity index (χ4v) is 3.97. The Hall–Kier alpha value is -2.09. The van der Waals surface area contributed by atoms with Crippen LogP contribution in [0.2, 0.25) is 0 Å². The molecule has 1 fully saturated rings. The van der Waals surface area contributed by atoms with E-state index in [1.54, 1.807) is 30.0 Å². The fourth-order valence-electron chi connectivity index (χ4n) is 3.40. The Labute approximate surface area is 151 Å². The molecule has 1 saturated carbocycles. The number of hydrogen-bond donors (Lipinski definition) is 1. The molecule has 3 rings (SSSR count). The molecule has 0 saturated heterocycles. The molecule has 1 aromatic carbocycles. The van der Waals surface area contributed by atoms with E-state index in [1.807, 2.05) is 6.26 Å². The molecule has 0 aliphatic heterocycles. The summed E-state index contributed by atoms with van der Waals surface area (Å²) in [6, 6.07) is 7.26. The first-order valence-corrected chi connectivity index (χ1v) is 9.88. The van der Waals surface area contributed by atoms with Gasteiger partial charge in [0.2, 0.25) is 0 Å². The van der Waals surface area contributed by atoms with Gasteiger partial charge in [-0.25, -0.2) is 0 Å². The minimum Gasteiger partial charge on any atom is -0.379 e. The van der Waals surface area contributed by atoms with E-state index in [2.05, 4.69) is 20.1 Å². The van der Waals surface area contributed by atoms with E-state index in [0.29, 0.717) is 18.3 Å². The minimum atomic E-state index is -0.357. The zero-order valence-corrected chi connectivity index (χ0v) is 15.2. The molecular formula is C17H23N5O2S. The summed E-state index contributed by atoms with van der Waals surface area (Å²) in [5.74, 6) is 1.03. The number of nitro benzene ring substituents is 1. The van der Waals surface area contributed by atoms with Gasteiger partial charge in [-0.1, -0.05) is 36.7 Å². The SMILES string of the molecule is CSc1nnc(CCCNc2ccccc2[N+](=O)[O-])n1C1CCCC1. The fraction of sp³-hybridized carbons (Fsp3) is 0.529. The van der Waals surface area contributed by atoms with E-state index >= 15 is 0 Å². The number of rotatable bonds is 8. The van der Waals surface area contributed by atoms with E-state index in [4.69, 9.17) is 0 Å². The maximum Gasteiger partial charge on any atom is 0.292 e. The Morgan fingerprint density at radius 2 is 2.08 bits per heavy atom. The number of benzene rings is 1. The predicted molar refractivity (Wildman–Crippen MR) is 99.2 cm³/mol. The van der Waals surface area contributed by atoms with Gasteiger partial charge in [-0.15, -0.1) is 10.2 Å². The molecule has 0 atom stereocenters. The van der Waals surface area contributed by atoms with Gasteiger partial charge in [-0.05, 0) is 31.6 Å². The lowest BCUT2D eigenvalue weighted by Crippen LogP contribution is -2.12. The van der Waals surface area contributed by atoms with Crippen molar-refractivity contribution >= 4 is 23.1 Å². The van der Waals surface area contributed by atoms with Crippen molar-refractivity contribution in [2.24, 2.45) is 0 Å². The maximum absolute atomic E-state index is 11.0. The van der Waals surface area contributed by atoms with Crippen LogP contribution in [0.15, 0.2) is 29.4 Å². The van der Waals surface area contributed by atoms with E-state index in [1.165, 1.54) is 31.7 Å². The topological polar surface area (TPSA) is 85.9 Å². The summed E-state index contributed by atoms with van der Waals surface area (Å²) in [5.41, 5.74) is 0.677. The number of thioether (sulfide) groups is 1. The zero-order chi connectivity index (χ0) is 17.6. The van der Waals surface area contributed by atoms with Crippen LogP contribution < -0.4 is 5.32 Å². The molecule has 2 aromatic rings. The summed E-state index contributed by atoms with van der Waals surface area (Å²) in [6.07, 6.45) is 8.66. The number of nitro groups is 1. The number of para-hydroxylation sites is 2. The van der Waals surface area contributed by atoms with Gasteiger partial charge in [-0.3, -0.25) is 10.1 Å². The van der Waals surface area contributed by atoms with Gasteiger partial charge in [0.1, 0.15) is 11.5 Å². The number of nitrogens with one attached hydrogen (secondary N) is 1. The monoisotopic (exact) mass is 361 g/mol. The second-order valence-electron chi connectivity index (χ2n) is 6.22. The third kappa shape index (κ3) is 4.12. The van der Waals surface area contributed by atoms with Crippen molar-refractivity contribution in [3.63, 3.8) is 0 Å². The molecule has 8 heteroatoms. The van der Waals surface area contributed by atoms with E-state index in [0.717, 1.165) is 23.8 Å². The van der Waals surface area contributed by atoms with Crippen LogP contribution in [0.4, 0.5) is 11.4 Å². The molecule has 134 valence electrons. The molecule has 1 aliphatic rings. The van der Waals surface area contributed by atoms with Crippen molar-refractivity contribution in [3.8, 4) is 0 Å². The van der Waals surface area contributed by atoms with Crippen molar-refractivity contribution in [2.75, 3.05) is 18.1 Å². The smallest absolute Gasteiger partial charge is 0.292 e. The Balaban J connectivity index is 1.60. The molecule has 7 nitrogen and oxygen atoms in total. The molecule has 0 amide bonds.